The fraction of sp³-hybridized carbons (Fsp3) is 0.278. The number of carbonyl (C=O) groups is 1. The van der Waals surface area contributed by atoms with Crippen LogP contribution in [-0.4, -0.2) is 17.5 Å². The number of likely N-dealkylation sites (tertiary alicyclic amines) is 1. The molecule has 1 aliphatic rings. The molecule has 1 atom stereocenters. The van der Waals surface area contributed by atoms with Crippen LogP contribution in [0.4, 0.5) is 10.5 Å². The van der Waals surface area contributed by atoms with Crippen molar-refractivity contribution in [1.29, 1.82) is 0 Å². The molecule has 3 rings (SSSR count). The van der Waals surface area contributed by atoms with Crippen LogP contribution in [-0.2, 0) is 0 Å². The summed E-state index contributed by atoms with van der Waals surface area (Å²) in [4.78, 5) is 14.5. The monoisotopic (exact) mass is 358 g/mol. The van der Waals surface area contributed by atoms with Gasteiger partial charge < -0.3 is 10.2 Å². The molecule has 0 saturated carbocycles. The Kier molecular flexibility index (Phi) is 4.48. The molecular formula is C18H19BrN2O. The predicted octanol–water partition coefficient (Wildman–Crippen LogP) is 5.13. The Morgan fingerprint density at radius 3 is 2.50 bits per heavy atom. The fourth-order valence-corrected chi connectivity index (χ4v) is 3.14. The predicted molar refractivity (Wildman–Crippen MR) is 93.0 cm³/mol. The molecule has 1 aliphatic heterocycles. The van der Waals surface area contributed by atoms with Crippen LogP contribution in [0, 0.1) is 6.92 Å². The Bertz CT molecular complexity index is 652. The van der Waals surface area contributed by atoms with Crippen molar-refractivity contribution >= 4 is 27.6 Å². The van der Waals surface area contributed by atoms with E-state index in [9.17, 15) is 4.79 Å². The molecule has 1 saturated heterocycles. The molecule has 2 aromatic carbocycles. The van der Waals surface area contributed by atoms with Gasteiger partial charge in [0, 0.05) is 16.7 Å². The third kappa shape index (κ3) is 3.33. The van der Waals surface area contributed by atoms with Crippen molar-refractivity contribution < 1.29 is 4.79 Å². The first kappa shape index (κ1) is 15.1. The fourth-order valence-electron chi connectivity index (χ4n) is 2.87. The van der Waals surface area contributed by atoms with Crippen LogP contribution in [0.15, 0.2) is 53.0 Å². The van der Waals surface area contributed by atoms with Crippen molar-refractivity contribution in [3.8, 4) is 0 Å². The zero-order valence-electron chi connectivity index (χ0n) is 12.6. The maximum atomic E-state index is 12.6. The normalized spacial score (nSPS) is 17.5. The van der Waals surface area contributed by atoms with E-state index in [0.717, 1.165) is 29.5 Å². The second-order valence-electron chi connectivity index (χ2n) is 5.70. The van der Waals surface area contributed by atoms with Crippen LogP contribution in [0.3, 0.4) is 0 Å². The highest BCUT2D eigenvalue weighted by Crippen LogP contribution is 2.32. The highest BCUT2D eigenvalue weighted by Gasteiger charge is 2.29. The summed E-state index contributed by atoms with van der Waals surface area (Å²) in [5, 5.41) is 2.99. The molecule has 3 nitrogen and oxygen atoms in total. The molecular weight excluding hydrogens is 340 g/mol. The van der Waals surface area contributed by atoms with Gasteiger partial charge in [-0.3, -0.25) is 0 Å². The van der Waals surface area contributed by atoms with Crippen LogP contribution in [0.25, 0.3) is 0 Å². The lowest BCUT2D eigenvalue weighted by Crippen LogP contribution is -2.34. The summed E-state index contributed by atoms with van der Waals surface area (Å²) in [6.07, 6.45) is 2.07. The Morgan fingerprint density at radius 2 is 1.82 bits per heavy atom. The third-order valence-corrected chi connectivity index (χ3v) is 4.60. The molecule has 0 aromatic heterocycles. The molecule has 1 N–H and O–H groups in total. The smallest absolute Gasteiger partial charge is 0.317 e. The van der Waals surface area contributed by atoms with Gasteiger partial charge in [0.1, 0.15) is 0 Å². The van der Waals surface area contributed by atoms with Crippen LogP contribution in [0.2, 0.25) is 0 Å². The second-order valence-corrected chi connectivity index (χ2v) is 6.61. The van der Waals surface area contributed by atoms with E-state index in [1.165, 1.54) is 11.1 Å². The number of halogens is 1. The lowest BCUT2D eigenvalue weighted by molar-refractivity contribution is 0.207. The SMILES string of the molecule is Cc1ccc([C@@H]2CCCN2C(=O)Nc2ccc(Br)cc2)cc1. The summed E-state index contributed by atoms with van der Waals surface area (Å²) in [6, 6.07) is 16.3. The molecule has 2 aromatic rings. The first-order chi connectivity index (χ1) is 10.6. The van der Waals surface area contributed by atoms with Crippen molar-refractivity contribution in [3.63, 3.8) is 0 Å². The van der Waals surface area contributed by atoms with Crippen molar-refractivity contribution in [1.82, 2.24) is 4.90 Å². The highest BCUT2D eigenvalue weighted by molar-refractivity contribution is 9.10. The molecule has 0 spiro atoms. The van der Waals surface area contributed by atoms with Gasteiger partial charge in [-0.25, -0.2) is 4.79 Å². The van der Waals surface area contributed by atoms with Crippen LogP contribution < -0.4 is 5.32 Å². The van der Waals surface area contributed by atoms with Crippen molar-refractivity contribution in [2.75, 3.05) is 11.9 Å². The first-order valence-corrected chi connectivity index (χ1v) is 8.32. The van der Waals surface area contributed by atoms with Crippen LogP contribution >= 0.6 is 15.9 Å². The minimum Gasteiger partial charge on any atom is -0.317 e. The van der Waals surface area contributed by atoms with Gasteiger partial charge in [0.15, 0.2) is 0 Å². The van der Waals surface area contributed by atoms with Crippen molar-refractivity contribution in [2.45, 2.75) is 25.8 Å². The average molecular weight is 359 g/mol. The molecule has 4 heteroatoms. The number of benzene rings is 2. The zero-order chi connectivity index (χ0) is 15.5. The van der Waals surface area contributed by atoms with Gasteiger partial charge in [0.05, 0.1) is 6.04 Å². The molecule has 0 radical (unpaired) electrons. The average Bonchev–Trinajstić information content (AvgIpc) is 3.00. The van der Waals surface area contributed by atoms with Gasteiger partial charge in [-0.15, -0.1) is 0 Å². The third-order valence-electron chi connectivity index (χ3n) is 4.07. The van der Waals surface area contributed by atoms with Crippen molar-refractivity contribution in [3.05, 3.63) is 64.1 Å². The largest absolute Gasteiger partial charge is 0.322 e. The van der Waals surface area contributed by atoms with Crippen LogP contribution in [0.1, 0.15) is 30.0 Å². The van der Waals surface area contributed by atoms with E-state index in [1.807, 2.05) is 29.2 Å². The number of anilines is 1. The summed E-state index contributed by atoms with van der Waals surface area (Å²) < 4.78 is 1.00. The zero-order valence-corrected chi connectivity index (χ0v) is 14.1. The standard InChI is InChI=1S/C18H19BrN2O/c1-13-4-6-14(7-5-13)17-3-2-12-21(17)18(22)20-16-10-8-15(19)9-11-16/h4-11,17H,2-3,12H2,1H3,(H,20,22)/t17-/m0/s1. The quantitative estimate of drug-likeness (QED) is 0.792. The Hall–Kier alpha value is -1.81. The van der Waals surface area contributed by atoms with Gasteiger partial charge in [0.25, 0.3) is 0 Å². The number of hydrogen-bond donors (Lipinski definition) is 1. The van der Waals surface area contributed by atoms with Crippen LogP contribution in [0.5, 0.6) is 0 Å². The Balaban J connectivity index is 1.73. The molecule has 0 unspecified atom stereocenters. The summed E-state index contributed by atoms with van der Waals surface area (Å²) in [5.41, 5.74) is 3.28. The van der Waals surface area contributed by atoms with E-state index < -0.39 is 0 Å². The molecule has 1 fully saturated rings. The van der Waals surface area contributed by atoms with Gasteiger partial charge in [-0.1, -0.05) is 45.8 Å². The van der Waals surface area contributed by atoms with E-state index in [2.05, 4.69) is 52.4 Å². The highest BCUT2D eigenvalue weighted by atomic mass is 79.9. The van der Waals surface area contributed by atoms with Gasteiger partial charge in [-0.05, 0) is 49.6 Å². The number of aryl methyl sites for hydroxylation is 1. The van der Waals surface area contributed by atoms with Gasteiger partial charge >= 0.3 is 6.03 Å². The van der Waals surface area contributed by atoms with Crippen molar-refractivity contribution in [2.24, 2.45) is 0 Å². The maximum Gasteiger partial charge on any atom is 0.322 e. The topological polar surface area (TPSA) is 32.3 Å². The summed E-state index contributed by atoms with van der Waals surface area (Å²) in [6.45, 7) is 2.89. The number of nitrogens with one attached hydrogen (secondary N) is 1. The number of hydrogen-bond acceptors (Lipinski definition) is 1. The number of urea groups is 1. The molecule has 2 amide bonds. The Morgan fingerprint density at radius 1 is 1.14 bits per heavy atom. The van der Waals surface area contributed by atoms with Gasteiger partial charge in [-0.2, -0.15) is 0 Å². The molecule has 0 bridgehead atoms. The number of rotatable bonds is 2. The lowest BCUT2D eigenvalue weighted by atomic mass is 10.0. The molecule has 22 heavy (non-hydrogen) atoms. The van der Waals surface area contributed by atoms with Gasteiger partial charge in [0.2, 0.25) is 0 Å². The molecule has 114 valence electrons. The number of carbonyl (C=O) groups excluding carboxylic acids is 1. The van der Waals surface area contributed by atoms with E-state index in [4.69, 9.17) is 0 Å². The summed E-state index contributed by atoms with van der Waals surface area (Å²) in [7, 11) is 0. The number of nitrogens with zero attached hydrogens (tertiary/aromatic N) is 1. The summed E-state index contributed by atoms with van der Waals surface area (Å²) in [5.74, 6) is 0. The summed E-state index contributed by atoms with van der Waals surface area (Å²) >= 11 is 3.40. The maximum absolute atomic E-state index is 12.6. The number of amides is 2. The van der Waals surface area contributed by atoms with E-state index >= 15 is 0 Å². The molecule has 1 heterocycles. The minimum atomic E-state index is -0.0228. The van der Waals surface area contributed by atoms with E-state index in [1.54, 1.807) is 0 Å². The lowest BCUT2D eigenvalue weighted by Gasteiger charge is -2.25. The van der Waals surface area contributed by atoms with E-state index in [0.29, 0.717) is 0 Å². The molecule has 0 aliphatic carbocycles. The minimum absolute atomic E-state index is 0.0228. The van der Waals surface area contributed by atoms with E-state index in [-0.39, 0.29) is 12.1 Å². The first-order valence-electron chi connectivity index (χ1n) is 7.53. The Labute approximate surface area is 139 Å². The second kappa shape index (κ2) is 6.53.